The Morgan fingerprint density at radius 3 is 2.69 bits per heavy atom. The van der Waals surface area contributed by atoms with Gasteiger partial charge in [0, 0.05) is 12.6 Å². The van der Waals surface area contributed by atoms with E-state index >= 15 is 0 Å². The molecular weight excluding hydrogens is 198 g/mol. The lowest BCUT2D eigenvalue weighted by atomic mass is 10.0. The lowest BCUT2D eigenvalue weighted by Crippen LogP contribution is -2.34. The zero-order valence-electron chi connectivity index (χ0n) is 11.3. The largest absolute Gasteiger partial charge is 0.378 e. The van der Waals surface area contributed by atoms with Crippen LogP contribution in [0.1, 0.15) is 59.3 Å². The van der Waals surface area contributed by atoms with E-state index in [-0.39, 0.29) is 0 Å². The van der Waals surface area contributed by atoms with Crippen LogP contribution in [0, 0.1) is 5.92 Å². The molecule has 96 valence electrons. The molecule has 1 aliphatic rings. The van der Waals surface area contributed by atoms with Crippen molar-refractivity contribution in [2.45, 2.75) is 71.4 Å². The first-order chi connectivity index (χ1) is 7.74. The Morgan fingerprint density at radius 1 is 1.31 bits per heavy atom. The van der Waals surface area contributed by atoms with Gasteiger partial charge >= 0.3 is 0 Å². The minimum atomic E-state index is 0.551. The molecule has 2 heteroatoms. The Bertz CT molecular complexity index is 164. The first kappa shape index (κ1) is 14.0. The molecule has 0 spiro atoms. The fourth-order valence-corrected chi connectivity index (χ4v) is 2.50. The van der Waals surface area contributed by atoms with Crippen LogP contribution in [-0.4, -0.2) is 25.3 Å². The third kappa shape index (κ3) is 5.31. The van der Waals surface area contributed by atoms with Crippen molar-refractivity contribution in [1.82, 2.24) is 5.32 Å². The second-order valence-corrected chi connectivity index (χ2v) is 5.34. The van der Waals surface area contributed by atoms with Crippen LogP contribution in [0.2, 0.25) is 0 Å². The van der Waals surface area contributed by atoms with Gasteiger partial charge in [-0.3, -0.25) is 0 Å². The minimum absolute atomic E-state index is 0.551. The average molecular weight is 227 g/mol. The van der Waals surface area contributed by atoms with Gasteiger partial charge in [0.05, 0.1) is 6.10 Å². The molecule has 2 unspecified atom stereocenters. The molecule has 0 aromatic carbocycles. The number of hydrogen-bond acceptors (Lipinski definition) is 2. The van der Waals surface area contributed by atoms with Gasteiger partial charge in [-0.1, -0.05) is 20.8 Å². The van der Waals surface area contributed by atoms with Crippen molar-refractivity contribution in [1.29, 1.82) is 0 Å². The summed E-state index contributed by atoms with van der Waals surface area (Å²) in [5, 5.41) is 3.65. The molecule has 1 fully saturated rings. The highest BCUT2D eigenvalue weighted by molar-refractivity contribution is 4.69. The summed E-state index contributed by atoms with van der Waals surface area (Å²) in [5.74, 6) is 0.746. The smallest absolute Gasteiger partial charge is 0.0575 e. The molecule has 0 aromatic heterocycles. The standard InChI is InChI=1S/C14H29NO/c1-4-14(12(2)3)15-10-7-9-13-8-5-6-11-16-13/h12-15H,4-11H2,1-3H3. The predicted molar refractivity (Wildman–Crippen MR) is 69.7 cm³/mol. The van der Waals surface area contributed by atoms with Crippen LogP contribution < -0.4 is 5.32 Å². The first-order valence-corrected chi connectivity index (χ1v) is 7.09. The monoisotopic (exact) mass is 227 g/mol. The summed E-state index contributed by atoms with van der Waals surface area (Å²) in [5.41, 5.74) is 0. The summed E-state index contributed by atoms with van der Waals surface area (Å²) in [6.07, 6.45) is 8.19. The summed E-state index contributed by atoms with van der Waals surface area (Å²) < 4.78 is 5.73. The van der Waals surface area contributed by atoms with E-state index in [1.54, 1.807) is 0 Å². The van der Waals surface area contributed by atoms with Crippen LogP contribution in [-0.2, 0) is 4.74 Å². The highest BCUT2D eigenvalue weighted by Gasteiger charge is 2.14. The Hall–Kier alpha value is -0.0800. The molecule has 1 aliphatic heterocycles. The molecule has 1 N–H and O–H groups in total. The molecular formula is C14H29NO. The van der Waals surface area contributed by atoms with Crippen molar-refractivity contribution in [3.05, 3.63) is 0 Å². The summed E-state index contributed by atoms with van der Waals surface area (Å²) in [6, 6.07) is 0.687. The Kier molecular flexibility index (Phi) is 7.06. The average Bonchev–Trinajstić information content (AvgIpc) is 2.30. The number of nitrogens with one attached hydrogen (secondary N) is 1. The second-order valence-electron chi connectivity index (χ2n) is 5.34. The molecule has 16 heavy (non-hydrogen) atoms. The van der Waals surface area contributed by atoms with Gasteiger partial charge in [-0.2, -0.15) is 0 Å². The molecule has 0 aliphatic carbocycles. The molecule has 2 atom stereocenters. The Balaban J connectivity index is 2.01. The van der Waals surface area contributed by atoms with Crippen molar-refractivity contribution in [2.75, 3.05) is 13.2 Å². The summed E-state index contributed by atoms with van der Waals surface area (Å²) in [7, 11) is 0. The van der Waals surface area contributed by atoms with Gasteiger partial charge in [-0.25, -0.2) is 0 Å². The molecule has 0 radical (unpaired) electrons. The molecule has 1 saturated heterocycles. The van der Waals surface area contributed by atoms with Crippen molar-refractivity contribution >= 4 is 0 Å². The third-order valence-corrected chi connectivity index (χ3v) is 3.63. The van der Waals surface area contributed by atoms with Crippen molar-refractivity contribution in [3.63, 3.8) is 0 Å². The quantitative estimate of drug-likeness (QED) is 0.673. The fourth-order valence-electron chi connectivity index (χ4n) is 2.50. The van der Waals surface area contributed by atoms with E-state index in [0.717, 1.165) is 19.1 Å². The molecule has 0 aromatic rings. The van der Waals surface area contributed by atoms with Crippen molar-refractivity contribution in [2.24, 2.45) is 5.92 Å². The van der Waals surface area contributed by atoms with Gasteiger partial charge < -0.3 is 10.1 Å². The summed E-state index contributed by atoms with van der Waals surface area (Å²) in [4.78, 5) is 0. The fraction of sp³-hybridized carbons (Fsp3) is 1.00. The molecule has 1 heterocycles. The lowest BCUT2D eigenvalue weighted by Gasteiger charge is -2.24. The molecule has 0 saturated carbocycles. The molecule has 0 bridgehead atoms. The van der Waals surface area contributed by atoms with Crippen LogP contribution >= 0.6 is 0 Å². The highest BCUT2D eigenvalue weighted by atomic mass is 16.5. The summed E-state index contributed by atoms with van der Waals surface area (Å²) in [6.45, 7) is 9.00. The molecule has 2 nitrogen and oxygen atoms in total. The van der Waals surface area contributed by atoms with Gasteiger partial charge in [-0.15, -0.1) is 0 Å². The third-order valence-electron chi connectivity index (χ3n) is 3.63. The van der Waals surface area contributed by atoms with E-state index in [1.807, 2.05) is 0 Å². The van der Waals surface area contributed by atoms with Crippen LogP contribution in [0.3, 0.4) is 0 Å². The lowest BCUT2D eigenvalue weighted by molar-refractivity contribution is 0.0101. The van der Waals surface area contributed by atoms with Gasteiger partial charge in [0.1, 0.15) is 0 Å². The van der Waals surface area contributed by atoms with Gasteiger partial charge in [-0.05, 0) is 51.0 Å². The highest BCUT2D eigenvalue weighted by Crippen LogP contribution is 2.16. The van der Waals surface area contributed by atoms with E-state index in [4.69, 9.17) is 4.74 Å². The van der Waals surface area contributed by atoms with Crippen LogP contribution in [0.5, 0.6) is 0 Å². The number of ether oxygens (including phenoxy) is 1. The first-order valence-electron chi connectivity index (χ1n) is 7.09. The van der Waals surface area contributed by atoms with Crippen molar-refractivity contribution < 1.29 is 4.74 Å². The van der Waals surface area contributed by atoms with Gasteiger partial charge in [0.2, 0.25) is 0 Å². The van der Waals surface area contributed by atoms with Gasteiger partial charge in [0.15, 0.2) is 0 Å². The number of rotatable bonds is 7. The maximum atomic E-state index is 5.73. The van der Waals surface area contributed by atoms with E-state index in [9.17, 15) is 0 Å². The molecule has 1 rings (SSSR count). The maximum Gasteiger partial charge on any atom is 0.0575 e. The topological polar surface area (TPSA) is 21.3 Å². The number of hydrogen-bond donors (Lipinski definition) is 1. The normalized spacial score (nSPS) is 23.6. The van der Waals surface area contributed by atoms with E-state index in [1.165, 1.54) is 38.5 Å². The van der Waals surface area contributed by atoms with E-state index < -0.39 is 0 Å². The van der Waals surface area contributed by atoms with Crippen molar-refractivity contribution in [3.8, 4) is 0 Å². The predicted octanol–water partition coefficient (Wildman–Crippen LogP) is 3.36. The zero-order chi connectivity index (χ0) is 11.8. The Morgan fingerprint density at radius 2 is 2.12 bits per heavy atom. The Labute approximate surface area is 101 Å². The molecule has 0 amide bonds. The second kappa shape index (κ2) is 8.08. The van der Waals surface area contributed by atoms with E-state index in [0.29, 0.717) is 12.1 Å². The van der Waals surface area contributed by atoms with Crippen LogP contribution in [0.15, 0.2) is 0 Å². The maximum absolute atomic E-state index is 5.73. The van der Waals surface area contributed by atoms with Crippen LogP contribution in [0.4, 0.5) is 0 Å². The van der Waals surface area contributed by atoms with Gasteiger partial charge in [0.25, 0.3) is 0 Å². The summed E-state index contributed by atoms with van der Waals surface area (Å²) >= 11 is 0. The zero-order valence-corrected chi connectivity index (χ0v) is 11.3. The van der Waals surface area contributed by atoms with E-state index in [2.05, 4.69) is 26.1 Å². The van der Waals surface area contributed by atoms with Crippen LogP contribution in [0.25, 0.3) is 0 Å². The SMILES string of the molecule is CCC(NCCCC1CCCCO1)C(C)C. The minimum Gasteiger partial charge on any atom is -0.378 e.